The minimum atomic E-state index is -0.379. The molecule has 1 aliphatic rings. The van der Waals surface area contributed by atoms with Gasteiger partial charge in [-0.3, -0.25) is 0 Å². The van der Waals surface area contributed by atoms with E-state index in [0.29, 0.717) is 6.61 Å². The zero-order chi connectivity index (χ0) is 15.9. The van der Waals surface area contributed by atoms with E-state index in [4.69, 9.17) is 9.47 Å². The predicted molar refractivity (Wildman–Crippen MR) is 87.9 cm³/mol. The van der Waals surface area contributed by atoms with Gasteiger partial charge in [0, 0.05) is 0 Å². The molecule has 2 rings (SSSR count). The molecule has 5 nitrogen and oxygen atoms in total. The number of quaternary nitrogens is 1. The zero-order valence-electron chi connectivity index (χ0n) is 13.9. The number of nitrogens with one attached hydrogen (secondary N) is 1. The van der Waals surface area contributed by atoms with Crippen LogP contribution in [0.3, 0.4) is 0 Å². The summed E-state index contributed by atoms with van der Waals surface area (Å²) in [5.41, 5.74) is 1.16. The van der Waals surface area contributed by atoms with Crippen LogP contribution in [0.4, 0.5) is 5.69 Å². The van der Waals surface area contributed by atoms with Gasteiger partial charge in [0.05, 0.1) is 51.7 Å². The Morgan fingerprint density at radius 1 is 1.23 bits per heavy atom. The molecule has 0 aromatic heterocycles. The third-order valence-corrected chi connectivity index (χ3v) is 4.04. The fraction of sp³-hybridized carbons (Fsp3) is 0.647. The SMILES string of the molecule is COc1ccccc1N1CC[NH+](CC(O)COC(C)C)CC1. The number of aliphatic hydroxyl groups excluding tert-OH is 1. The maximum atomic E-state index is 10.0. The molecule has 1 aromatic carbocycles. The highest BCUT2D eigenvalue weighted by Crippen LogP contribution is 2.27. The molecule has 1 heterocycles. The molecule has 0 saturated carbocycles. The highest BCUT2D eigenvalue weighted by Gasteiger charge is 2.24. The molecular weight excluding hydrogens is 280 g/mol. The molecule has 124 valence electrons. The molecule has 0 radical (unpaired) electrons. The molecule has 5 heteroatoms. The lowest BCUT2D eigenvalue weighted by atomic mass is 10.2. The van der Waals surface area contributed by atoms with E-state index < -0.39 is 0 Å². The highest BCUT2D eigenvalue weighted by molar-refractivity contribution is 5.58. The maximum absolute atomic E-state index is 10.0. The summed E-state index contributed by atoms with van der Waals surface area (Å²) in [7, 11) is 1.71. The van der Waals surface area contributed by atoms with Gasteiger partial charge in [-0.2, -0.15) is 0 Å². The number of hydrogen-bond donors (Lipinski definition) is 2. The van der Waals surface area contributed by atoms with Gasteiger partial charge in [0.15, 0.2) is 0 Å². The van der Waals surface area contributed by atoms with Gasteiger partial charge in [-0.25, -0.2) is 0 Å². The monoisotopic (exact) mass is 309 g/mol. The van der Waals surface area contributed by atoms with Crippen molar-refractivity contribution < 1.29 is 19.5 Å². The van der Waals surface area contributed by atoms with Crippen molar-refractivity contribution in [3.63, 3.8) is 0 Å². The summed E-state index contributed by atoms with van der Waals surface area (Å²) in [4.78, 5) is 3.80. The first kappa shape index (κ1) is 17.1. The highest BCUT2D eigenvalue weighted by atomic mass is 16.5. The molecule has 0 amide bonds. The molecule has 0 aliphatic carbocycles. The van der Waals surface area contributed by atoms with Gasteiger partial charge in [-0.05, 0) is 26.0 Å². The average molecular weight is 309 g/mol. The van der Waals surface area contributed by atoms with Crippen LogP contribution in [0.1, 0.15) is 13.8 Å². The minimum Gasteiger partial charge on any atom is -0.495 e. The van der Waals surface area contributed by atoms with Gasteiger partial charge in [0.1, 0.15) is 18.4 Å². The molecule has 1 unspecified atom stereocenters. The van der Waals surface area contributed by atoms with Crippen LogP contribution in [0.2, 0.25) is 0 Å². The second-order valence-electron chi connectivity index (χ2n) is 6.15. The minimum absolute atomic E-state index is 0.173. The van der Waals surface area contributed by atoms with Crippen LogP contribution in [0, 0.1) is 0 Å². The van der Waals surface area contributed by atoms with E-state index in [9.17, 15) is 5.11 Å². The van der Waals surface area contributed by atoms with Crippen LogP contribution < -0.4 is 14.5 Å². The van der Waals surface area contributed by atoms with E-state index in [1.807, 2.05) is 32.0 Å². The Hall–Kier alpha value is -1.30. The van der Waals surface area contributed by atoms with Crippen molar-refractivity contribution in [2.24, 2.45) is 0 Å². The number of hydrogen-bond acceptors (Lipinski definition) is 4. The summed E-state index contributed by atoms with van der Waals surface area (Å²) < 4.78 is 10.9. The summed E-state index contributed by atoms with van der Waals surface area (Å²) in [5, 5.41) is 10.0. The Morgan fingerprint density at radius 2 is 1.91 bits per heavy atom. The lowest BCUT2D eigenvalue weighted by Gasteiger charge is -2.35. The van der Waals surface area contributed by atoms with Crippen LogP contribution in [-0.4, -0.2) is 63.8 Å². The Balaban J connectivity index is 1.80. The molecule has 0 spiro atoms. The molecular formula is C17H29N2O3+. The van der Waals surface area contributed by atoms with E-state index in [1.54, 1.807) is 7.11 Å². The molecule has 1 saturated heterocycles. The number of aliphatic hydroxyl groups is 1. The number of ether oxygens (including phenoxy) is 2. The first-order chi connectivity index (χ1) is 10.6. The van der Waals surface area contributed by atoms with E-state index in [-0.39, 0.29) is 12.2 Å². The van der Waals surface area contributed by atoms with E-state index in [1.165, 1.54) is 4.90 Å². The third-order valence-electron chi connectivity index (χ3n) is 4.04. The van der Waals surface area contributed by atoms with Crippen LogP contribution in [0.15, 0.2) is 24.3 Å². The van der Waals surface area contributed by atoms with Crippen LogP contribution in [0.25, 0.3) is 0 Å². The lowest BCUT2D eigenvalue weighted by Crippen LogP contribution is -3.16. The van der Waals surface area contributed by atoms with Crippen molar-refractivity contribution in [2.45, 2.75) is 26.1 Å². The summed E-state index contributed by atoms with van der Waals surface area (Å²) in [5.74, 6) is 0.927. The second kappa shape index (κ2) is 8.36. The molecule has 1 fully saturated rings. The number of anilines is 1. The standard InChI is InChI=1S/C17H28N2O3/c1-14(2)22-13-15(20)12-18-8-10-19(11-9-18)16-6-4-5-7-17(16)21-3/h4-7,14-15,20H,8-13H2,1-3H3/p+1. The third kappa shape index (κ3) is 4.87. The Labute approximate surface area is 133 Å². The van der Waals surface area contributed by atoms with E-state index in [0.717, 1.165) is 44.2 Å². The maximum Gasteiger partial charge on any atom is 0.142 e. The molecule has 1 aromatic rings. The Morgan fingerprint density at radius 3 is 2.55 bits per heavy atom. The van der Waals surface area contributed by atoms with Crippen LogP contribution in [-0.2, 0) is 4.74 Å². The smallest absolute Gasteiger partial charge is 0.142 e. The quantitative estimate of drug-likeness (QED) is 0.755. The molecule has 1 atom stereocenters. The number of nitrogens with zero attached hydrogens (tertiary/aromatic N) is 1. The normalized spacial score (nSPS) is 17.8. The van der Waals surface area contributed by atoms with E-state index in [2.05, 4.69) is 11.0 Å². The number of piperazine rings is 1. The fourth-order valence-corrected chi connectivity index (χ4v) is 2.85. The molecule has 1 aliphatic heterocycles. The summed E-state index contributed by atoms with van der Waals surface area (Å²) in [6.07, 6.45) is -0.206. The van der Waals surface area contributed by atoms with Crippen molar-refractivity contribution in [1.82, 2.24) is 0 Å². The van der Waals surface area contributed by atoms with Crippen LogP contribution in [0.5, 0.6) is 5.75 Å². The molecule has 2 N–H and O–H groups in total. The summed E-state index contributed by atoms with van der Waals surface area (Å²) >= 11 is 0. The van der Waals surface area contributed by atoms with Crippen molar-refractivity contribution in [3.05, 3.63) is 24.3 Å². The number of methoxy groups -OCH3 is 1. The average Bonchev–Trinajstić information content (AvgIpc) is 2.53. The van der Waals surface area contributed by atoms with Gasteiger partial charge < -0.3 is 24.4 Å². The first-order valence-corrected chi connectivity index (χ1v) is 8.11. The fourth-order valence-electron chi connectivity index (χ4n) is 2.85. The van der Waals surface area contributed by atoms with Crippen molar-refractivity contribution >= 4 is 5.69 Å². The number of benzene rings is 1. The van der Waals surface area contributed by atoms with Gasteiger partial charge >= 0.3 is 0 Å². The summed E-state index contributed by atoms with van der Waals surface area (Å²) in [6.45, 7) is 9.18. The van der Waals surface area contributed by atoms with Crippen LogP contribution >= 0.6 is 0 Å². The molecule has 22 heavy (non-hydrogen) atoms. The topological polar surface area (TPSA) is 46.4 Å². The Bertz CT molecular complexity index is 445. The van der Waals surface area contributed by atoms with Gasteiger partial charge in [-0.15, -0.1) is 0 Å². The van der Waals surface area contributed by atoms with Crippen molar-refractivity contribution in [2.75, 3.05) is 51.3 Å². The molecule has 0 bridgehead atoms. The van der Waals surface area contributed by atoms with Gasteiger partial charge in [-0.1, -0.05) is 12.1 Å². The van der Waals surface area contributed by atoms with Crippen molar-refractivity contribution in [3.8, 4) is 5.75 Å². The second-order valence-corrected chi connectivity index (χ2v) is 6.15. The summed E-state index contributed by atoms with van der Waals surface area (Å²) in [6, 6.07) is 8.15. The van der Waals surface area contributed by atoms with Gasteiger partial charge in [0.25, 0.3) is 0 Å². The van der Waals surface area contributed by atoms with Gasteiger partial charge in [0.2, 0.25) is 0 Å². The zero-order valence-corrected chi connectivity index (χ0v) is 13.9. The Kier molecular flexibility index (Phi) is 6.49. The van der Waals surface area contributed by atoms with Crippen molar-refractivity contribution in [1.29, 1.82) is 0 Å². The predicted octanol–water partition coefficient (Wildman–Crippen LogP) is 0.186. The number of rotatable bonds is 7. The van der Waals surface area contributed by atoms with E-state index >= 15 is 0 Å². The number of para-hydroxylation sites is 2. The first-order valence-electron chi connectivity index (χ1n) is 8.11. The largest absolute Gasteiger partial charge is 0.495 e. The lowest BCUT2D eigenvalue weighted by molar-refractivity contribution is -0.903.